The van der Waals surface area contributed by atoms with Crippen LogP contribution in [0.4, 0.5) is 0 Å². The fourth-order valence-electron chi connectivity index (χ4n) is 1.21. The Morgan fingerprint density at radius 3 is 2.85 bits per heavy atom. The summed E-state index contributed by atoms with van der Waals surface area (Å²) in [6.45, 7) is 5.72. The smallest absolute Gasteiger partial charge is 0.120 e. The molecule has 0 aliphatic heterocycles. The molecule has 0 aliphatic carbocycles. The Kier molecular flexibility index (Phi) is 3.99. The maximum atomic E-state index is 5.48. The fourth-order valence-corrected chi connectivity index (χ4v) is 1.21. The Hall–Kier alpha value is -0.800. The van der Waals surface area contributed by atoms with E-state index in [9.17, 15) is 0 Å². The molecule has 0 aliphatic rings. The normalized spacial score (nSPS) is 13.2. The van der Waals surface area contributed by atoms with Crippen molar-refractivity contribution in [3.63, 3.8) is 0 Å². The lowest BCUT2D eigenvalue weighted by Gasteiger charge is -2.10. The highest BCUT2D eigenvalue weighted by atomic mass is 16.3. The highest BCUT2D eigenvalue weighted by Gasteiger charge is 2.07. The van der Waals surface area contributed by atoms with Crippen LogP contribution < -0.4 is 11.1 Å². The van der Waals surface area contributed by atoms with Crippen LogP contribution in [-0.2, 0) is 0 Å². The molecule has 0 saturated heterocycles. The van der Waals surface area contributed by atoms with Crippen molar-refractivity contribution in [3.05, 3.63) is 23.7 Å². The van der Waals surface area contributed by atoms with E-state index >= 15 is 0 Å². The number of hydrogen-bond donors (Lipinski definition) is 2. The first kappa shape index (κ1) is 10.3. The average molecular weight is 182 g/mol. The molecule has 13 heavy (non-hydrogen) atoms. The molecule has 0 radical (unpaired) electrons. The molecular weight excluding hydrogens is 164 g/mol. The summed E-state index contributed by atoms with van der Waals surface area (Å²) in [5.41, 5.74) is 5.39. The Bertz CT molecular complexity index is 245. The molecule has 0 aromatic carbocycles. The van der Waals surface area contributed by atoms with Gasteiger partial charge in [0.15, 0.2) is 0 Å². The Labute approximate surface area is 79.3 Å². The van der Waals surface area contributed by atoms with Crippen LogP contribution in [0.1, 0.15) is 30.9 Å². The van der Waals surface area contributed by atoms with Crippen molar-refractivity contribution in [2.45, 2.75) is 26.3 Å². The van der Waals surface area contributed by atoms with Crippen LogP contribution in [0.2, 0.25) is 0 Å². The Morgan fingerprint density at radius 1 is 1.54 bits per heavy atom. The van der Waals surface area contributed by atoms with Gasteiger partial charge in [-0.05, 0) is 45.5 Å². The number of furan rings is 1. The van der Waals surface area contributed by atoms with Gasteiger partial charge in [0.05, 0.1) is 6.04 Å². The van der Waals surface area contributed by atoms with E-state index in [1.54, 1.807) is 0 Å². The van der Waals surface area contributed by atoms with Crippen molar-refractivity contribution < 1.29 is 4.42 Å². The van der Waals surface area contributed by atoms with Gasteiger partial charge in [-0.2, -0.15) is 0 Å². The predicted octanol–water partition coefficient (Wildman–Crippen LogP) is 1.59. The van der Waals surface area contributed by atoms with Crippen molar-refractivity contribution in [3.8, 4) is 0 Å². The van der Waals surface area contributed by atoms with E-state index in [1.165, 1.54) is 0 Å². The van der Waals surface area contributed by atoms with Gasteiger partial charge >= 0.3 is 0 Å². The van der Waals surface area contributed by atoms with Crippen molar-refractivity contribution in [2.75, 3.05) is 13.1 Å². The Balaban J connectivity index is 2.35. The van der Waals surface area contributed by atoms with Crippen LogP contribution in [0.5, 0.6) is 0 Å². The highest BCUT2D eigenvalue weighted by Crippen LogP contribution is 2.14. The van der Waals surface area contributed by atoms with Gasteiger partial charge in [-0.1, -0.05) is 0 Å². The van der Waals surface area contributed by atoms with E-state index in [2.05, 4.69) is 12.2 Å². The standard InChI is InChI=1S/C10H18N2O/c1-8-4-5-10(13-8)9(2)12-7-3-6-11/h4-5,9,12H,3,6-7,11H2,1-2H3. The maximum absolute atomic E-state index is 5.48. The summed E-state index contributed by atoms with van der Waals surface area (Å²) in [5, 5.41) is 3.34. The minimum Gasteiger partial charge on any atom is -0.465 e. The minimum absolute atomic E-state index is 0.278. The molecule has 1 aromatic rings. The van der Waals surface area contributed by atoms with Gasteiger partial charge in [0.1, 0.15) is 11.5 Å². The van der Waals surface area contributed by atoms with Crippen molar-refractivity contribution in [1.29, 1.82) is 0 Å². The van der Waals surface area contributed by atoms with Crippen LogP contribution in [0.25, 0.3) is 0 Å². The van der Waals surface area contributed by atoms with E-state index < -0.39 is 0 Å². The first-order chi connectivity index (χ1) is 6.24. The third-order valence-corrected chi connectivity index (χ3v) is 2.02. The fraction of sp³-hybridized carbons (Fsp3) is 0.600. The summed E-state index contributed by atoms with van der Waals surface area (Å²) < 4.78 is 5.48. The molecular formula is C10H18N2O. The van der Waals surface area contributed by atoms with Crippen LogP contribution in [0, 0.1) is 6.92 Å². The molecule has 0 amide bonds. The third kappa shape index (κ3) is 3.20. The van der Waals surface area contributed by atoms with Gasteiger partial charge in [-0.3, -0.25) is 0 Å². The van der Waals surface area contributed by atoms with E-state index in [-0.39, 0.29) is 6.04 Å². The lowest BCUT2D eigenvalue weighted by molar-refractivity contribution is 0.415. The topological polar surface area (TPSA) is 51.2 Å². The van der Waals surface area contributed by atoms with Crippen molar-refractivity contribution in [2.24, 2.45) is 5.73 Å². The van der Waals surface area contributed by atoms with Crippen LogP contribution in [0.3, 0.4) is 0 Å². The molecule has 1 atom stereocenters. The molecule has 3 heteroatoms. The summed E-state index contributed by atoms with van der Waals surface area (Å²) in [6.07, 6.45) is 1.00. The highest BCUT2D eigenvalue weighted by molar-refractivity contribution is 5.08. The monoisotopic (exact) mass is 182 g/mol. The molecule has 1 rings (SSSR count). The predicted molar refractivity (Wildman–Crippen MR) is 53.5 cm³/mol. The quantitative estimate of drug-likeness (QED) is 0.680. The molecule has 1 heterocycles. The van der Waals surface area contributed by atoms with Crippen LogP contribution in [0.15, 0.2) is 16.5 Å². The van der Waals surface area contributed by atoms with Crippen molar-refractivity contribution >= 4 is 0 Å². The summed E-state index contributed by atoms with van der Waals surface area (Å²) >= 11 is 0. The molecule has 3 N–H and O–H groups in total. The zero-order valence-corrected chi connectivity index (χ0v) is 8.34. The largest absolute Gasteiger partial charge is 0.465 e. The lowest BCUT2D eigenvalue weighted by Crippen LogP contribution is -2.21. The van der Waals surface area contributed by atoms with Crippen molar-refractivity contribution in [1.82, 2.24) is 5.32 Å². The second-order valence-electron chi connectivity index (χ2n) is 3.27. The molecule has 0 spiro atoms. The summed E-state index contributed by atoms with van der Waals surface area (Å²) in [6, 6.07) is 4.27. The molecule has 0 saturated carbocycles. The zero-order valence-electron chi connectivity index (χ0n) is 8.34. The number of nitrogens with two attached hydrogens (primary N) is 1. The molecule has 1 unspecified atom stereocenters. The Morgan fingerprint density at radius 2 is 2.31 bits per heavy atom. The average Bonchev–Trinajstić information content (AvgIpc) is 2.52. The van der Waals surface area contributed by atoms with Gasteiger partial charge < -0.3 is 15.5 Å². The van der Waals surface area contributed by atoms with E-state index in [0.717, 1.165) is 31.0 Å². The summed E-state index contributed by atoms with van der Waals surface area (Å²) in [5.74, 6) is 1.96. The molecule has 3 nitrogen and oxygen atoms in total. The van der Waals surface area contributed by atoms with Crippen LogP contribution >= 0.6 is 0 Å². The number of aryl methyl sites for hydroxylation is 1. The second kappa shape index (κ2) is 5.04. The SMILES string of the molecule is Cc1ccc(C(C)NCCCN)o1. The number of nitrogens with one attached hydrogen (secondary N) is 1. The first-order valence-electron chi connectivity index (χ1n) is 4.74. The molecule has 0 fully saturated rings. The number of hydrogen-bond acceptors (Lipinski definition) is 3. The van der Waals surface area contributed by atoms with Gasteiger partial charge in [-0.15, -0.1) is 0 Å². The minimum atomic E-state index is 0.278. The van der Waals surface area contributed by atoms with Crippen LogP contribution in [-0.4, -0.2) is 13.1 Å². The van der Waals surface area contributed by atoms with Gasteiger partial charge in [0, 0.05) is 0 Å². The third-order valence-electron chi connectivity index (χ3n) is 2.02. The van der Waals surface area contributed by atoms with Gasteiger partial charge in [-0.25, -0.2) is 0 Å². The van der Waals surface area contributed by atoms with Gasteiger partial charge in [0.2, 0.25) is 0 Å². The van der Waals surface area contributed by atoms with E-state index in [0.29, 0.717) is 0 Å². The lowest BCUT2D eigenvalue weighted by atomic mass is 10.2. The van der Waals surface area contributed by atoms with E-state index in [1.807, 2.05) is 19.1 Å². The molecule has 1 aromatic heterocycles. The molecule has 74 valence electrons. The summed E-state index contributed by atoms with van der Waals surface area (Å²) in [4.78, 5) is 0. The van der Waals surface area contributed by atoms with E-state index in [4.69, 9.17) is 10.2 Å². The first-order valence-corrected chi connectivity index (χ1v) is 4.74. The molecule has 0 bridgehead atoms. The summed E-state index contributed by atoms with van der Waals surface area (Å²) in [7, 11) is 0. The second-order valence-corrected chi connectivity index (χ2v) is 3.27. The maximum Gasteiger partial charge on any atom is 0.120 e. The van der Waals surface area contributed by atoms with Gasteiger partial charge in [0.25, 0.3) is 0 Å². The zero-order chi connectivity index (χ0) is 9.68. The number of rotatable bonds is 5.